The maximum absolute atomic E-state index is 13.8. The van der Waals surface area contributed by atoms with Gasteiger partial charge in [-0.2, -0.15) is 0 Å². The number of hydroxylamine groups is 2. The van der Waals surface area contributed by atoms with Crippen LogP contribution < -0.4 is 10.1 Å². The van der Waals surface area contributed by atoms with E-state index >= 15 is 0 Å². The monoisotopic (exact) mass is 558 g/mol. The lowest BCUT2D eigenvalue weighted by atomic mass is 9.84. The second-order valence-electron chi connectivity index (χ2n) is 12.3. The van der Waals surface area contributed by atoms with E-state index < -0.39 is 17.4 Å². The smallest absolute Gasteiger partial charge is 0.253 e. The average molecular weight is 559 g/mol. The highest BCUT2D eigenvalue weighted by Crippen LogP contribution is 2.31. The predicted molar refractivity (Wildman–Crippen MR) is 151 cm³/mol. The molecule has 1 aliphatic carbocycles. The molecule has 0 aromatic heterocycles. The molecule has 0 bridgehead atoms. The molecular formula is C30H46N4O6. The fraction of sp³-hybridized carbons (Fsp3) is 0.667. The van der Waals surface area contributed by atoms with Crippen LogP contribution in [-0.4, -0.2) is 90.1 Å². The quantitative estimate of drug-likeness (QED) is 0.244. The van der Waals surface area contributed by atoms with Gasteiger partial charge in [-0.25, -0.2) is 5.06 Å². The van der Waals surface area contributed by atoms with Crippen molar-refractivity contribution in [2.75, 3.05) is 33.8 Å². The molecule has 2 atom stereocenters. The second kappa shape index (κ2) is 14.0. The molecule has 1 heterocycles. The second-order valence-corrected chi connectivity index (χ2v) is 12.3. The fourth-order valence-corrected chi connectivity index (χ4v) is 5.85. The van der Waals surface area contributed by atoms with Crippen LogP contribution in [-0.2, 0) is 14.4 Å². The molecule has 10 nitrogen and oxygen atoms in total. The van der Waals surface area contributed by atoms with Crippen LogP contribution in [0.3, 0.4) is 0 Å². The average Bonchev–Trinajstić information content (AvgIpc) is 3.47. The van der Waals surface area contributed by atoms with Gasteiger partial charge in [-0.15, -0.1) is 0 Å². The number of methoxy groups -OCH3 is 1. The zero-order valence-electron chi connectivity index (χ0n) is 24.6. The van der Waals surface area contributed by atoms with Crippen molar-refractivity contribution in [2.45, 2.75) is 77.8 Å². The van der Waals surface area contributed by atoms with E-state index in [9.17, 15) is 24.4 Å². The van der Waals surface area contributed by atoms with Gasteiger partial charge in [0.2, 0.25) is 18.2 Å². The van der Waals surface area contributed by atoms with Crippen molar-refractivity contribution in [1.82, 2.24) is 20.2 Å². The molecule has 0 radical (unpaired) electrons. The number of hydrogen-bond acceptors (Lipinski definition) is 6. The number of piperidine rings is 1. The molecule has 0 spiro atoms. The van der Waals surface area contributed by atoms with E-state index in [4.69, 9.17) is 4.74 Å². The molecule has 4 amide bonds. The zero-order chi connectivity index (χ0) is 29.4. The molecule has 2 N–H and O–H groups in total. The molecule has 1 saturated carbocycles. The molecule has 40 heavy (non-hydrogen) atoms. The van der Waals surface area contributed by atoms with Crippen LogP contribution in [0.1, 0.15) is 76.1 Å². The number of amides is 4. The number of hydrogen-bond donors (Lipinski definition) is 2. The number of ether oxygens (including phenoxy) is 1. The maximum Gasteiger partial charge on any atom is 0.253 e. The Labute approximate surface area is 238 Å². The number of carbonyl (C=O) groups is 4. The summed E-state index contributed by atoms with van der Waals surface area (Å²) < 4.78 is 5.17. The number of rotatable bonds is 11. The third-order valence-electron chi connectivity index (χ3n) is 8.38. The highest BCUT2D eigenvalue weighted by molar-refractivity contribution is 5.94. The van der Waals surface area contributed by atoms with E-state index in [2.05, 4.69) is 5.32 Å². The van der Waals surface area contributed by atoms with Gasteiger partial charge in [0, 0.05) is 31.7 Å². The van der Waals surface area contributed by atoms with Crippen molar-refractivity contribution in [3.63, 3.8) is 0 Å². The minimum Gasteiger partial charge on any atom is -0.497 e. The van der Waals surface area contributed by atoms with Crippen LogP contribution in [0.4, 0.5) is 0 Å². The van der Waals surface area contributed by atoms with Crippen LogP contribution in [0, 0.1) is 17.3 Å². The first-order valence-electron chi connectivity index (χ1n) is 14.4. The van der Waals surface area contributed by atoms with Crippen LogP contribution in [0.5, 0.6) is 5.75 Å². The number of nitrogens with one attached hydrogen (secondary N) is 1. The van der Waals surface area contributed by atoms with Gasteiger partial charge < -0.3 is 19.9 Å². The van der Waals surface area contributed by atoms with Gasteiger partial charge in [-0.05, 0) is 54.9 Å². The third kappa shape index (κ3) is 8.19. The molecule has 222 valence electrons. The van der Waals surface area contributed by atoms with Crippen molar-refractivity contribution in [3.8, 4) is 5.75 Å². The molecule has 1 aromatic carbocycles. The summed E-state index contributed by atoms with van der Waals surface area (Å²) in [6, 6.07) is 6.20. The molecule has 1 saturated heterocycles. The normalized spacial score (nSPS) is 18.1. The topological polar surface area (TPSA) is 119 Å². The summed E-state index contributed by atoms with van der Waals surface area (Å²) in [4.78, 5) is 54.8. The summed E-state index contributed by atoms with van der Waals surface area (Å²) in [7, 11) is 3.34. The lowest BCUT2D eigenvalue weighted by Crippen LogP contribution is -2.58. The van der Waals surface area contributed by atoms with E-state index in [1.807, 2.05) is 20.8 Å². The van der Waals surface area contributed by atoms with Crippen molar-refractivity contribution >= 4 is 24.1 Å². The summed E-state index contributed by atoms with van der Waals surface area (Å²) in [5.74, 6) is -0.0952. The summed E-state index contributed by atoms with van der Waals surface area (Å²) in [5.41, 5.74) is 0.0374. The number of benzene rings is 1. The Bertz CT molecular complexity index is 1010. The Morgan fingerprint density at radius 3 is 2.23 bits per heavy atom. The van der Waals surface area contributed by atoms with Crippen LogP contribution >= 0.6 is 0 Å². The molecule has 1 aromatic rings. The Hall–Kier alpha value is -3.14. The molecule has 1 aliphatic heterocycles. The maximum atomic E-state index is 13.8. The number of nitrogens with zero attached hydrogens (tertiary/aromatic N) is 3. The Balaban J connectivity index is 1.63. The highest BCUT2D eigenvalue weighted by atomic mass is 16.5. The van der Waals surface area contributed by atoms with E-state index in [1.165, 1.54) is 0 Å². The van der Waals surface area contributed by atoms with Gasteiger partial charge in [0.1, 0.15) is 11.8 Å². The zero-order valence-corrected chi connectivity index (χ0v) is 24.6. The largest absolute Gasteiger partial charge is 0.497 e. The van der Waals surface area contributed by atoms with Crippen molar-refractivity contribution in [1.29, 1.82) is 0 Å². The third-order valence-corrected chi connectivity index (χ3v) is 8.38. The molecule has 10 heteroatoms. The van der Waals surface area contributed by atoms with Crippen LogP contribution in [0.2, 0.25) is 0 Å². The molecular weight excluding hydrogens is 512 g/mol. The fourth-order valence-electron chi connectivity index (χ4n) is 5.85. The van der Waals surface area contributed by atoms with E-state index in [0.29, 0.717) is 61.1 Å². The molecule has 3 rings (SSSR count). The predicted octanol–water partition coefficient (Wildman–Crippen LogP) is 3.33. The van der Waals surface area contributed by atoms with Crippen molar-refractivity contribution in [3.05, 3.63) is 29.8 Å². The first-order valence-corrected chi connectivity index (χ1v) is 14.4. The van der Waals surface area contributed by atoms with Gasteiger partial charge in [-0.3, -0.25) is 24.4 Å². The number of likely N-dealkylation sites (tertiary alicyclic amines) is 1. The molecule has 2 aliphatic rings. The van der Waals surface area contributed by atoms with Gasteiger partial charge in [0.05, 0.1) is 19.6 Å². The van der Waals surface area contributed by atoms with E-state index in [-0.39, 0.29) is 30.3 Å². The summed E-state index contributed by atoms with van der Waals surface area (Å²) in [5, 5.41) is 13.3. The minimum atomic E-state index is -0.779. The molecule has 1 unspecified atom stereocenters. The lowest BCUT2D eigenvalue weighted by molar-refractivity contribution is -0.156. The SMILES string of the molecule is COc1ccc(C(=O)N2CCC(N(C)C(=O)[C@@H](NC(=O)C(CC3CCCC3)CN(O)C=O)C(C)(C)C)CC2)cc1. The van der Waals surface area contributed by atoms with Gasteiger partial charge in [-0.1, -0.05) is 46.5 Å². The molecule has 2 fully saturated rings. The van der Waals surface area contributed by atoms with E-state index in [0.717, 1.165) is 25.7 Å². The minimum absolute atomic E-state index is 0.0449. The lowest BCUT2D eigenvalue weighted by Gasteiger charge is -2.40. The standard InChI is InChI=1S/C30H46N4O6/c1-30(2,3)26(31-27(36)23(19-34(39)20-35)18-21-8-6-7-9-21)29(38)32(4)24-14-16-33(17-15-24)28(37)22-10-12-25(40-5)13-11-22/h10-13,20-21,23-24,26,39H,6-9,14-19H2,1-5H3,(H,31,36)/t23?,26-/m1/s1. The first-order chi connectivity index (χ1) is 18.9. The Kier molecular flexibility index (Phi) is 11.0. The van der Waals surface area contributed by atoms with Gasteiger partial charge >= 0.3 is 0 Å². The summed E-state index contributed by atoms with van der Waals surface area (Å²) >= 11 is 0. The van der Waals surface area contributed by atoms with Gasteiger partial charge in [0.25, 0.3) is 5.91 Å². The highest BCUT2D eigenvalue weighted by Gasteiger charge is 2.39. The first kappa shape index (κ1) is 31.4. The number of likely N-dealkylation sites (N-methyl/N-ethyl adjacent to an activating group) is 1. The summed E-state index contributed by atoms with van der Waals surface area (Å²) in [6.45, 7) is 6.69. The Morgan fingerprint density at radius 2 is 1.70 bits per heavy atom. The van der Waals surface area contributed by atoms with E-state index in [1.54, 1.807) is 48.2 Å². The van der Waals surface area contributed by atoms with Crippen molar-refractivity contribution in [2.24, 2.45) is 17.3 Å². The van der Waals surface area contributed by atoms with Crippen LogP contribution in [0.25, 0.3) is 0 Å². The number of carbonyl (C=O) groups excluding carboxylic acids is 4. The van der Waals surface area contributed by atoms with Crippen LogP contribution in [0.15, 0.2) is 24.3 Å². The Morgan fingerprint density at radius 1 is 1.10 bits per heavy atom. The summed E-state index contributed by atoms with van der Waals surface area (Å²) in [6.07, 6.45) is 6.44. The van der Waals surface area contributed by atoms with Gasteiger partial charge in [0.15, 0.2) is 0 Å². The van der Waals surface area contributed by atoms with Crippen molar-refractivity contribution < 1.29 is 29.1 Å².